The van der Waals surface area contributed by atoms with Crippen LogP contribution in [-0.2, 0) is 4.79 Å². The number of carbonyl (C=O) groups excluding carboxylic acids is 2. The number of anilines is 1. The van der Waals surface area contributed by atoms with Crippen LogP contribution in [0.3, 0.4) is 0 Å². The predicted molar refractivity (Wildman–Crippen MR) is 92.5 cm³/mol. The minimum atomic E-state index is -0.547. The zero-order valence-corrected chi connectivity index (χ0v) is 14.3. The summed E-state index contributed by atoms with van der Waals surface area (Å²) in [6, 6.07) is 8.39. The second kappa shape index (κ2) is 7.22. The van der Waals surface area contributed by atoms with Crippen molar-refractivity contribution in [3.8, 4) is 0 Å². The van der Waals surface area contributed by atoms with Gasteiger partial charge >= 0.3 is 5.00 Å². The molecule has 2 aromatic rings. The number of benzene rings is 1. The van der Waals surface area contributed by atoms with E-state index in [0.717, 1.165) is 22.5 Å². The summed E-state index contributed by atoms with van der Waals surface area (Å²) < 4.78 is 0. The van der Waals surface area contributed by atoms with Crippen LogP contribution >= 0.6 is 11.3 Å². The van der Waals surface area contributed by atoms with Gasteiger partial charge in [0.15, 0.2) is 0 Å². The van der Waals surface area contributed by atoms with Gasteiger partial charge in [-0.25, -0.2) is 0 Å². The van der Waals surface area contributed by atoms with Gasteiger partial charge in [0.25, 0.3) is 5.91 Å². The van der Waals surface area contributed by atoms with Crippen LogP contribution in [0.15, 0.2) is 30.3 Å². The van der Waals surface area contributed by atoms with Crippen LogP contribution in [0.2, 0.25) is 0 Å². The van der Waals surface area contributed by atoms with Gasteiger partial charge in [-0.2, -0.15) is 0 Å². The second-order valence-corrected chi connectivity index (χ2v) is 6.48. The molecule has 0 fully saturated rings. The fourth-order valence-electron chi connectivity index (χ4n) is 2.08. The van der Waals surface area contributed by atoms with Crippen LogP contribution < -0.4 is 5.32 Å². The highest BCUT2D eigenvalue weighted by atomic mass is 32.1. The van der Waals surface area contributed by atoms with Crippen LogP contribution in [-0.4, -0.2) is 35.2 Å². The van der Waals surface area contributed by atoms with Crippen molar-refractivity contribution in [2.24, 2.45) is 0 Å². The molecule has 8 heteroatoms. The van der Waals surface area contributed by atoms with Crippen molar-refractivity contribution < 1.29 is 14.5 Å². The van der Waals surface area contributed by atoms with Crippen molar-refractivity contribution in [2.45, 2.75) is 13.8 Å². The highest BCUT2D eigenvalue weighted by molar-refractivity contribution is 7.17. The molecule has 1 N–H and O–H groups in total. The molecule has 24 heavy (non-hydrogen) atoms. The maximum atomic E-state index is 12.2. The molecule has 2 rings (SSSR count). The number of amides is 2. The predicted octanol–water partition coefficient (Wildman–Crippen LogP) is 2.98. The Kier molecular flexibility index (Phi) is 5.30. The number of aryl methyl sites for hydroxylation is 2. The third-order valence-electron chi connectivity index (χ3n) is 3.38. The summed E-state index contributed by atoms with van der Waals surface area (Å²) in [5.41, 5.74) is 2.65. The minimum absolute atomic E-state index is 0.105. The van der Waals surface area contributed by atoms with Gasteiger partial charge in [-0.3, -0.25) is 19.7 Å². The molecule has 0 aliphatic heterocycles. The first-order chi connectivity index (χ1) is 11.3. The van der Waals surface area contributed by atoms with Crippen molar-refractivity contribution in [2.75, 3.05) is 18.9 Å². The molecule has 1 aromatic heterocycles. The molecular weight excluding hydrogens is 330 g/mol. The molecule has 1 heterocycles. The van der Waals surface area contributed by atoms with E-state index in [-0.39, 0.29) is 22.3 Å². The van der Waals surface area contributed by atoms with Gasteiger partial charge in [-0.1, -0.05) is 23.5 Å². The number of hydrogen-bond donors (Lipinski definition) is 1. The molecule has 0 unspecified atom stereocenters. The SMILES string of the molecule is Cc1ccc(C)c(NC(=O)CN(C)C(=O)c2ccc([N+](=O)[O-])s2)c1. The zero-order valence-electron chi connectivity index (χ0n) is 13.5. The van der Waals surface area contributed by atoms with Gasteiger partial charge in [-0.05, 0) is 37.1 Å². The summed E-state index contributed by atoms with van der Waals surface area (Å²) in [5.74, 6) is -0.755. The molecular formula is C16H17N3O4S. The Labute approximate surface area is 143 Å². The first-order valence-electron chi connectivity index (χ1n) is 7.14. The molecule has 0 aliphatic carbocycles. The van der Waals surface area contributed by atoms with Crippen LogP contribution in [0, 0.1) is 24.0 Å². The van der Waals surface area contributed by atoms with E-state index in [2.05, 4.69) is 5.32 Å². The Hall–Kier alpha value is -2.74. The van der Waals surface area contributed by atoms with E-state index in [1.165, 1.54) is 24.1 Å². The molecule has 1 aromatic carbocycles. The number of nitrogens with one attached hydrogen (secondary N) is 1. The molecule has 0 atom stereocenters. The third kappa shape index (κ3) is 4.17. The number of carbonyl (C=O) groups is 2. The van der Waals surface area contributed by atoms with E-state index in [4.69, 9.17) is 0 Å². The van der Waals surface area contributed by atoms with Gasteiger partial charge in [-0.15, -0.1) is 0 Å². The average molecular weight is 347 g/mol. The van der Waals surface area contributed by atoms with Crippen LogP contribution in [0.1, 0.15) is 20.8 Å². The average Bonchev–Trinajstić information content (AvgIpc) is 3.00. The standard InChI is InChI=1S/C16H17N3O4S/c1-10-4-5-11(2)12(8-10)17-14(20)9-18(3)16(21)13-6-7-15(24-13)19(22)23/h4-8H,9H2,1-3H3,(H,17,20). The molecule has 126 valence electrons. The fourth-order valence-corrected chi connectivity index (χ4v) is 2.89. The Morgan fingerprint density at radius 1 is 1.25 bits per heavy atom. The second-order valence-electron chi connectivity index (χ2n) is 5.42. The number of nitrogens with zero attached hydrogens (tertiary/aromatic N) is 2. The van der Waals surface area contributed by atoms with Crippen molar-refractivity contribution in [3.05, 3.63) is 56.5 Å². The van der Waals surface area contributed by atoms with E-state index in [0.29, 0.717) is 5.69 Å². The lowest BCUT2D eigenvalue weighted by Crippen LogP contribution is -2.34. The smallest absolute Gasteiger partial charge is 0.324 e. The molecule has 0 radical (unpaired) electrons. The van der Waals surface area contributed by atoms with Crippen molar-refractivity contribution in [1.29, 1.82) is 0 Å². The van der Waals surface area contributed by atoms with Gasteiger partial charge < -0.3 is 10.2 Å². The molecule has 0 saturated heterocycles. The topological polar surface area (TPSA) is 92.6 Å². The lowest BCUT2D eigenvalue weighted by atomic mass is 10.1. The number of rotatable bonds is 5. The van der Waals surface area contributed by atoms with Crippen LogP contribution in [0.5, 0.6) is 0 Å². The summed E-state index contributed by atoms with van der Waals surface area (Å²) in [5, 5.41) is 13.3. The third-order valence-corrected chi connectivity index (χ3v) is 4.40. The number of thiophene rings is 1. The molecule has 0 spiro atoms. The maximum Gasteiger partial charge on any atom is 0.324 e. The number of likely N-dealkylation sites (N-methyl/N-ethyl adjacent to an activating group) is 1. The largest absolute Gasteiger partial charge is 0.332 e. The lowest BCUT2D eigenvalue weighted by molar-refractivity contribution is -0.380. The zero-order chi connectivity index (χ0) is 17.9. The quantitative estimate of drug-likeness (QED) is 0.665. The highest BCUT2D eigenvalue weighted by Crippen LogP contribution is 2.24. The molecule has 0 bridgehead atoms. The molecule has 7 nitrogen and oxygen atoms in total. The van der Waals surface area contributed by atoms with E-state index in [1.54, 1.807) is 0 Å². The summed E-state index contributed by atoms with van der Waals surface area (Å²) in [4.78, 5) is 35.9. The van der Waals surface area contributed by atoms with Crippen molar-refractivity contribution in [3.63, 3.8) is 0 Å². The number of nitro groups is 1. The monoisotopic (exact) mass is 347 g/mol. The van der Waals surface area contributed by atoms with E-state index in [1.807, 2.05) is 32.0 Å². The molecule has 0 saturated carbocycles. The van der Waals surface area contributed by atoms with Crippen molar-refractivity contribution in [1.82, 2.24) is 4.90 Å². The van der Waals surface area contributed by atoms with E-state index < -0.39 is 10.8 Å². The van der Waals surface area contributed by atoms with Gasteiger partial charge in [0, 0.05) is 18.8 Å². The normalized spacial score (nSPS) is 10.3. The Morgan fingerprint density at radius 2 is 1.96 bits per heavy atom. The van der Waals surface area contributed by atoms with E-state index in [9.17, 15) is 19.7 Å². The summed E-state index contributed by atoms with van der Waals surface area (Å²) in [7, 11) is 1.48. The minimum Gasteiger partial charge on any atom is -0.332 e. The Bertz CT molecular complexity index is 800. The van der Waals surface area contributed by atoms with Gasteiger partial charge in [0.05, 0.1) is 16.3 Å². The molecule has 2 amide bonds. The number of hydrogen-bond acceptors (Lipinski definition) is 5. The maximum absolute atomic E-state index is 12.2. The van der Waals surface area contributed by atoms with Crippen LogP contribution in [0.4, 0.5) is 10.7 Å². The highest BCUT2D eigenvalue weighted by Gasteiger charge is 2.20. The first-order valence-corrected chi connectivity index (χ1v) is 7.96. The summed E-state index contributed by atoms with van der Waals surface area (Å²) in [6.07, 6.45) is 0. The fraction of sp³-hybridized carbons (Fsp3) is 0.250. The van der Waals surface area contributed by atoms with Gasteiger partial charge in [0.1, 0.15) is 0 Å². The van der Waals surface area contributed by atoms with Crippen molar-refractivity contribution >= 4 is 33.8 Å². The Balaban J connectivity index is 2.01. The first kappa shape index (κ1) is 17.6. The Morgan fingerprint density at radius 3 is 2.58 bits per heavy atom. The molecule has 0 aliphatic rings. The summed E-state index contributed by atoms with van der Waals surface area (Å²) in [6.45, 7) is 3.67. The van der Waals surface area contributed by atoms with Crippen LogP contribution in [0.25, 0.3) is 0 Å². The van der Waals surface area contributed by atoms with E-state index >= 15 is 0 Å². The van der Waals surface area contributed by atoms with Gasteiger partial charge in [0.2, 0.25) is 5.91 Å². The summed E-state index contributed by atoms with van der Waals surface area (Å²) >= 11 is 0.791. The lowest BCUT2D eigenvalue weighted by Gasteiger charge is -2.16.